The van der Waals surface area contributed by atoms with Crippen LogP contribution in [0.1, 0.15) is 38.0 Å². The minimum Gasteiger partial charge on any atom is -0.491 e. The second kappa shape index (κ2) is 10.6. The summed E-state index contributed by atoms with van der Waals surface area (Å²) in [5.41, 5.74) is 5.00. The standard InChI is InChI=1S/C27H28N2O3S/c1-19-8-13-24(20(2)16-19)32-15-14-28-26(31)22-9-11-23(12-10-22)27-29(25(30)18-33-27)17-21-6-4-3-5-7-21/h3-13,16,27H,14-15,17-18H2,1-2H3,(H,28,31)/t27-/m1/s1. The molecule has 0 bridgehead atoms. The number of thioether (sulfide) groups is 1. The van der Waals surface area contributed by atoms with Gasteiger partial charge in [-0.05, 0) is 48.7 Å². The van der Waals surface area contributed by atoms with Crippen LogP contribution in [0.2, 0.25) is 0 Å². The highest BCUT2D eigenvalue weighted by atomic mass is 32.2. The number of aryl methyl sites for hydroxylation is 2. The Morgan fingerprint density at radius 1 is 1.06 bits per heavy atom. The Balaban J connectivity index is 1.31. The van der Waals surface area contributed by atoms with Crippen molar-refractivity contribution in [3.8, 4) is 5.75 Å². The van der Waals surface area contributed by atoms with Crippen molar-refractivity contribution in [2.75, 3.05) is 18.9 Å². The zero-order valence-corrected chi connectivity index (χ0v) is 19.7. The van der Waals surface area contributed by atoms with Gasteiger partial charge in [0.15, 0.2) is 0 Å². The molecule has 0 saturated carbocycles. The molecule has 0 spiro atoms. The van der Waals surface area contributed by atoms with Gasteiger partial charge < -0.3 is 15.0 Å². The van der Waals surface area contributed by atoms with Crippen molar-refractivity contribution in [1.29, 1.82) is 0 Å². The van der Waals surface area contributed by atoms with Crippen molar-refractivity contribution >= 4 is 23.6 Å². The van der Waals surface area contributed by atoms with Crippen molar-refractivity contribution in [2.45, 2.75) is 25.8 Å². The van der Waals surface area contributed by atoms with Gasteiger partial charge in [0.25, 0.3) is 5.91 Å². The van der Waals surface area contributed by atoms with Gasteiger partial charge in [0.1, 0.15) is 17.7 Å². The number of ether oxygens (including phenoxy) is 1. The number of nitrogens with zero attached hydrogens (tertiary/aromatic N) is 1. The predicted molar refractivity (Wildman–Crippen MR) is 132 cm³/mol. The normalized spacial score (nSPS) is 15.5. The summed E-state index contributed by atoms with van der Waals surface area (Å²) in [7, 11) is 0. The van der Waals surface area contributed by atoms with Crippen LogP contribution in [0.15, 0.2) is 72.8 Å². The van der Waals surface area contributed by atoms with E-state index in [0.717, 1.165) is 22.4 Å². The number of benzene rings is 3. The van der Waals surface area contributed by atoms with Gasteiger partial charge in [-0.2, -0.15) is 0 Å². The third-order valence-corrected chi connectivity index (χ3v) is 6.85. The molecule has 0 aromatic heterocycles. The minimum absolute atomic E-state index is 0.0408. The molecule has 0 unspecified atom stereocenters. The van der Waals surface area contributed by atoms with Crippen LogP contribution in [0.5, 0.6) is 5.75 Å². The molecule has 6 heteroatoms. The zero-order valence-electron chi connectivity index (χ0n) is 18.9. The monoisotopic (exact) mass is 460 g/mol. The zero-order chi connectivity index (χ0) is 23.2. The van der Waals surface area contributed by atoms with E-state index in [1.54, 1.807) is 11.8 Å². The fourth-order valence-corrected chi connectivity index (χ4v) is 5.06. The third kappa shape index (κ3) is 5.76. The van der Waals surface area contributed by atoms with Gasteiger partial charge in [0.05, 0.1) is 12.3 Å². The Labute approximate surface area is 199 Å². The number of carbonyl (C=O) groups excluding carboxylic acids is 2. The number of nitrogens with one attached hydrogen (secondary N) is 1. The fraction of sp³-hybridized carbons (Fsp3) is 0.259. The Kier molecular flexibility index (Phi) is 7.35. The van der Waals surface area contributed by atoms with Gasteiger partial charge in [0.2, 0.25) is 5.91 Å². The Morgan fingerprint density at radius 2 is 1.82 bits per heavy atom. The van der Waals surface area contributed by atoms with Crippen molar-refractivity contribution in [3.63, 3.8) is 0 Å². The molecule has 5 nitrogen and oxygen atoms in total. The first-order chi connectivity index (χ1) is 16.0. The lowest BCUT2D eigenvalue weighted by Crippen LogP contribution is -2.28. The van der Waals surface area contributed by atoms with Gasteiger partial charge in [0, 0.05) is 12.1 Å². The second-order valence-electron chi connectivity index (χ2n) is 8.17. The van der Waals surface area contributed by atoms with Gasteiger partial charge in [-0.15, -0.1) is 11.8 Å². The summed E-state index contributed by atoms with van der Waals surface area (Å²) < 4.78 is 5.78. The molecule has 3 aromatic carbocycles. The molecule has 33 heavy (non-hydrogen) atoms. The lowest BCUT2D eigenvalue weighted by Gasteiger charge is -2.24. The van der Waals surface area contributed by atoms with Crippen LogP contribution in [-0.2, 0) is 11.3 Å². The number of amides is 2. The van der Waals surface area contributed by atoms with E-state index in [1.807, 2.05) is 85.5 Å². The fourth-order valence-electron chi connectivity index (χ4n) is 3.87. The van der Waals surface area contributed by atoms with Crippen LogP contribution >= 0.6 is 11.8 Å². The van der Waals surface area contributed by atoms with E-state index in [-0.39, 0.29) is 17.2 Å². The molecule has 0 aliphatic carbocycles. The summed E-state index contributed by atoms with van der Waals surface area (Å²) >= 11 is 1.62. The Morgan fingerprint density at radius 3 is 2.55 bits per heavy atom. The Hall–Kier alpha value is -3.25. The van der Waals surface area contributed by atoms with Gasteiger partial charge >= 0.3 is 0 Å². The highest BCUT2D eigenvalue weighted by Crippen LogP contribution is 2.39. The van der Waals surface area contributed by atoms with Gasteiger partial charge in [-0.3, -0.25) is 9.59 Å². The smallest absolute Gasteiger partial charge is 0.251 e. The van der Waals surface area contributed by atoms with E-state index in [9.17, 15) is 9.59 Å². The molecule has 1 aliphatic rings. The highest BCUT2D eigenvalue weighted by molar-refractivity contribution is 8.00. The molecule has 1 saturated heterocycles. The predicted octanol–water partition coefficient (Wildman–Crippen LogP) is 4.89. The number of hydrogen-bond donors (Lipinski definition) is 1. The number of hydrogen-bond acceptors (Lipinski definition) is 4. The SMILES string of the molecule is Cc1ccc(OCCNC(=O)c2ccc([C@H]3SCC(=O)N3Cc3ccccc3)cc2)c(C)c1. The highest BCUT2D eigenvalue weighted by Gasteiger charge is 2.32. The van der Waals surface area contributed by atoms with Crippen molar-refractivity contribution in [2.24, 2.45) is 0 Å². The van der Waals surface area contributed by atoms with Crippen LogP contribution in [0.4, 0.5) is 0 Å². The van der Waals surface area contributed by atoms with Crippen LogP contribution in [0.3, 0.4) is 0 Å². The third-order valence-electron chi connectivity index (χ3n) is 5.60. The molecule has 1 N–H and O–H groups in total. The van der Waals surface area contributed by atoms with E-state index in [0.29, 0.717) is 31.0 Å². The van der Waals surface area contributed by atoms with Crippen LogP contribution < -0.4 is 10.1 Å². The summed E-state index contributed by atoms with van der Waals surface area (Å²) in [5.74, 6) is 1.31. The lowest BCUT2D eigenvalue weighted by molar-refractivity contribution is -0.128. The van der Waals surface area contributed by atoms with Crippen LogP contribution in [0.25, 0.3) is 0 Å². The average molecular weight is 461 g/mol. The van der Waals surface area contributed by atoms with E-state index in [1.165, 1.54) is 5.56 Å². The topological polar surface area (TPSA) is 58.6 Å². The van der Waals surface area contributed by atoms with Gasteiger partial charge in [-0.1, -0.05) is 60.2 Å². The summed E-state index contributed by atoms with van der Waals surface area (Å²) in [6.45, 7) is 5.47. The minimum atomic E-state index is -0.137. The number of carbonyl (C=O) groups is 2. The van der Waals surface area contributed by atoms with E-state index < -0.39 is 0 Å². The maximum Gasteiger partial charge on any atom is 0.251 e. The first-order valence-corrected chi connectivity index (χ1v) is 12.1. The molecule has 1 aliphatic heterocycles. The molecule has 1 fully saturated rings. The molecule has 3 aromatic rings. The first kappa shape index (κ1) is 22.9. The maximum atomic E-state index is 12.5. The average Bonchev–Trinajstić information content (AvgIpc) is 3.18. The second-order valence-corrected chi connectivity index (χ2v) is 9.23. The van der Waals surface area contributed by atoms with E-state index >= 15 is 0 Å². The van der Waals surface area contributed by atoms with Crippen molar-refractivity contribution < 1.29 is 14.3 Å². The van der Waals surface area contributed by atoms with Gasteiger partial charge in [-0.25, -0.2) is 0 Å². The molecule has 170 valence electrons. The van der Waals surface area contributed by atoms with E-state index in [4.69, 9.17) is 4.74 Å². The van der Waals surface area contributed by atoms with Crippen LogP contribution in [-0.4, -0.2) is 35.6 Å². The molecule has 1 atom stereocenters. The first-order valence-electron chi connectivity index (χ1n) is 11.0. The Bertz CT molecular complexity index is 1120. The summed E-state index contributed by atoms with van der Waals surface area (Å²) in [5, 5.41) is 2.86. The maximum absolute atomic E-state index is 12.5. The van der Waals surface area contributed by atoms with Crippen molar-refractivity contribution in [3.05, 3.63) is 101 Å². The quantitative estimate of drug-likeness (QED) is 0.487. The lowest BCUT2D eigenvalue weighted by atomic mass is 10.1. The largest absolute Gasteiger partial charge is 0.491 e. The summed E-state index contributed by atoms with van der Waals surface area (Å²) in [6, 6.07) is 23.6. The van der Waals surface area contributed by atoms with Crippen LogP contribution in [0, 0.1) is 13.8 Å². The molecule has 1 heterocycles. The van der Waals surface area contributed by atoms with E-state index in [2.05, 4.69) is 11.4 Å². The summed E-state index contributed by atoms with van der Waals surface area (Å²) in [4.78, 5) is 26.9. The molecular formula is C27H28N2O3S. The molecular weight excluding hydrogens is 432 g/mol. The molecule has 2 amide bonds. The summed E-state index contributed by atoms with van der Waals surface area (Å²) in [6.07, 6.45) is 0. The number of rotatable bonds is 8. The molecule has 4 rings (SSSR count). The van der Waals surface area contributed by atoms with Crippen molar-refractivity contribution in [1.82, 2.24) is 10.2 Å². The molecule has 0 radical (unpaired) electrons.